The first-order chi connectivity index (χ1) is 11.9. The van der Waals surface area contributed by atoms with Gasteiger partial charge in [0.2, 0.25) is 0 Å². The van der Waals surface area contributed by atoms with Crippen molar-refractivity contribution in [2.75, 3.05) is 0 Å². The molecule has 1 saturated carbocycles. The Bertz CT molecular complexity index is 704. The molecule has 0 radical (unpaired) electrons. The first-order valence-corrected chi connectivity index (χ1v) is 8.62. The summed E-state index contributed by atoms with van der Waals surface area (Å²) in [5.74, 6) is -2.10. The monoisotopic (exact) mass is 343 g/mol. The maximum Gasteiger partial charge on any atom is 0.330 e. The number of carbonyl (C=O) groups excluding carboxylic acids is 4. The van der Waals surface area contributed by atoms with Gasteiger partial charge in [0.05, 0.1) is 11.1 Å². The number of carbonyl (C=O) groups is 4. The van der Waals surface area contributed by atoms with E-state index in [0.29, 0.717) is 24.0 Å². The molecule has 0 bridgehead atoms. The average Bonchev–Trinajstić information content (AvgIpc) is 2.83. The van der Waals surface area contributed by atoms with Gasteiger partial charge in [-0.25, -0.2) is 4.79 Å². The van der Waals surface area contributed by atoms with E-state index in [1.165, 1.54) is 0 Å². The van der Waals surface area contributed by atoms with Gasteiger partial charge in [-0.15, -0.1) is 0 Å². The molecule has 0 spiro atoms. The van der Waals surface area contributed by atoms with Gasteiger partial charge in [-0.1, -0.05) is 26.0 Å². The highest BCUT2D eigenvalue weighted by Gasteiger charge is 2.45. The average molecular weight is 343 g/mol. The molecule has 3 rings (SSSR count). The first-order valence-electron chi connectivity index (χ1n) is 8.62. The van der Waals surface area contributed by atoms with Crippen LogP contribution < -0.4 is 0 Å². The van der Waals surface area contributed by atoms with Crippen LogP contribution in [0.5, 0.6) is 0 Å². The number of benzene rings is 1. The summed E-state index contributed by atoms with van der Waals surface area (Å²) in [5, 5.41) is 0. The fourth-order valence-electron chi connectivity index (χ4n) is 3.42. The Kier molecular flexibility index (Phi) is 4.70. The van der Waals surface area contributed by atoms with Gasteiger partial charge >= 0.3 is 5.97 Å². The lowest BCUT2D eigenvalue weighted by atomic mass is 9.96. The number of amides is 2. The van der Waals surface area contributed by atoms with Crippen LogP contribution in [0.1, 0.15) is 60.2 Å². The number of hydrogen-bond donors (Lipinski definition) is 0. The molecule has 1 aromatic carbocycles. The van der Waals surface area contributed by atoms with Crippen LogP contribution >= 0.6 is 0 Å². The summed E-state index contributed by atoms with van der Waals surface area (Å²) in [4.78, 5) is 50.9. The summed E-state index contributed by atoms with van der Waals surface area (Å²) in [7, 11) is 0. The summed E-state index contributed by atoms with van der Waals surface area (Å²) < 4.78 is 5.40. The lowest BCUT2D eigenvalue weighted by Gasteiger charge is -2.30. The molecule has 2 aliphatic rings. The second kappa shape index (κ2) is 6.78. The molecule has 0 aromatic heterocycles. The fraction of sp³-hybridized carbons (Fsp3) is 0.474. The minimum atomic E-state index is -1.04. The van der Waals surface area contributed by atoms with Crippen LogP contribution in [-0.4, -0.2) is 40.6 Å². The van der Waals surface area contributed by atoms with Crippen LogP contribution in [0, 0.1) is 5.92 Å². The van der Waals surface area contributed by atoms with Crippen LogP contribution in [-0.2, 0) is 14.3 Å². The lowest BCUT2D eigenvalue weighted by molar-refractivity contribution is -0.161. The van der Waals surface area contributed by atoms with Gasteiger partial charge in [0.25, 0.3) is 11.8 Å². The zero-order valence-corrected chi connectivity index (χ0v) is 14.4. The molecule has 2 amide bonds. The SMILES string of the molecule is CC(C)[C@H](C(=O)O[C@H]1CCCCC1=O)N1C(=O)c2ccccc2C1=O. The summed E-state index contributed by atoms with van der Waals surface area (Å²) in [6.45, 7) is 3.50. The predicted octanol–water partition coefficient (Wildman–Crippen LogP) is 2.36. The van der Waals surface area contributed by atoms with Gasteiger partial charge in [-0.3, -0.25) is 19.3 Å². The van der Waals surface area contributed by atoms with Crippen LogP contribution in [0.3, 0.4) is 0 Å². The second-order valence-electron chi connectivity index (χ2n) is 6.85. The molecule has 6 nitrogen and oxygen atoms in total. The van der Waals surface area contributed by atoms with Crippen molar-refractivity contribution in [1.82, 2.24) is 4.90 Å². The standard InChI is InChI=1S/C19H21NO5/c1-11(2)16(19(24)25-15-10-6-5-9-14(15)21)20-17(22)12-7-3-4-8-13(12)18(20)23/h3-4,7-8,11,15-16H,5-6,9-10H2,1-2H3/t15-,16+/m0/s1. The van der Waals surface area contributed by atoms with Crippen molar-refractivity contribution in [2.24, 2.45) is 5.92 Å². The summed E-state index contributed by atoms with van der Waals surface area (Å²) >= 11 is 0. The molecule has 0 N–H and O–H groups in total. The van der Waals surface area contributed by atoms with E-state index in [1.54, 1.807) is 38.1 Å². The molecule has 6 heteroatoms. The van der Waals surface area contributed by atoms with E-state index in [2.05, 4.69) is 0 Å². The number of hydrogen-bond acceptors (Lipinski definition) is 5. The van der Waals surface area contributed by atoms with Crippen molar-refractivity contribution in [2.45, 2.75) is 51.7 Å². The Morgan fingerprint density at radius 3 is 2.20 bits per heavy atom. The third-order valence-electron chi connectivity index (χ3n) is 4.73. The molecule has 0 unspecified atom stereocenters. The van der Waals surface area contributed by atoms with Gasteiger partial charge in [-0.2, -0.15) is 0 Å². The molecule has 1 fully saturated rings. The molecule has 1 aliphatic carbocycles. The van der Waals surface area contributed by atoms with Crippen LogP contribution in [0.2, 0.25) is 0 Å². The number of fused-ring (bicyclic) bond motifs is 1. The quantitative estimate of drug-likeness (QED) is 0.619. The highest BCUT2D eigenvalue weighted by molar-refractivity contribution is 6.22. The van der Waals surface area contributed by atoms with Crippen molar-refractivity contribution in [1.29, 1.82) is 0 Å². The van der Waals surface area contributed by atoms with Gasteiger partial charge in [0, 0.05) is 6.42 Å². The zero-order chi connectivity index (χ0) is 18.1. The zero-order valence-electron chi connectivity index (χ0n) is 14.4. The summed E-state index contributed by atoms with van der Waals surface area (Å²) in [5.41, 5.74) is 0.583. The minimum Gasteiger partial charge on any atom is -0.453 e. The van der Waals surface area contributed by atoms with Gasteiger partial charge in [0.15, 0.2) is 11.9 Å². The highest BCUT2D eigenvalue weighted by Crippen LogP contribution is 2.28. The predicted molar refractivity (Wildman–Crippen MR) is 88.9 cm³/mol. The van der Waals surface area contributed by atoms with Crippen LogP contribution in [0.25, 0.3) is 0 Å². The normalized spacial score (nSPS) is 21.5. The lowest BCUT2D eigenvalue weighted by Crippen LogP contribution is -2.50. The Morgan fingerprint density at radius 1 is 1.08 bits per heavy atom. The minimum absolute atomic E-state index is 0.0931. The largest absolute Gasteiger partial charge is 0.453 e. The van der Waals surface area contributed by atoms with E-state index in [0.717, 1.165) is 17.7 Å². The van der Waals surface area contributed by atoms with Gasteiger partial charge in [0.1, 0.15) is 6.04 Å². The van der Waals surface area contributed by atoms with Crippen LogP contribution in [0.4, 0.5) is 0 Å². The Labute approximate surface area is 146 Å². The molecular formula is C19H21NO5. The highest BCUT2D eigenvalue weighted by atomic mass is 16.5. The summed E-state index contributed by atoms with van der Waals surface area (Å²) in [6.07, 6.45) is 1.76. The maximum absolute atomic E-state index is 12.7. The smallest absolute Gasteiger partial charge is 0.330 e. The third-order valence-corrected chi connectivity index (χ3v) is 4.73. The number of esters is 1. The van der Waals surface area contributed by atoms with Crippen molar-refractivity contribution in [3.63, 3.8) is 0 Å². The Morgan fingerprint density at radius 2 is 1.68 bits per heavy atom. The molecule has 25 heavy (non-hydrogen) atoms. The van der Waals surface area contributed by atoms with Crippen molar-refractivity contribution in [3.8, 4) is 0 Å². The molecule has 1 aliphatic heterocycles. The van der Waals surface area contributed by atoms with Crippen LogP contribution in [0.15, 0.2) is 24.3 Å². The van der Waals surface area contributed by atoms with Gasteiger partial charge in [-0.05, 0) is 37.3 Å². The molecule has 132 valence electrons. The molecule has 2 atom stereocenters. The van der Waals surface area contributed by atoms with E-state index in [9.17, 15) is 19.2 Å². The van der Waals surface area contributed by atoms with E-state index in [1.807, 2.05) is 0 Å². The topological polar surface area (TPSA) is 80.8 Å². The number of ether oxygens (including phenoxy) is 1. The molecule has 1 aromatic rings. The number of rotatable bonds is 4. The van der Waals surface area contributed by atoms with E-state index < -0.39 is 29.9 Å². The van der Waals surface area contributed by atoms with E-state index >= 15 is 0 Å². The number of imide groups is 1. The summed E-state index contributed by atoms with van der Waals surface area (Å²) in [6, 6.07) is 5.46. The van der Waals surface area contributed by atoms with Crippen molar-refractivity contribution >= 4 is 23.6 Å². The number of nitrogens with zero attached hydrogens (tertiary/aromatic N) is 1. The Hall–Kier alpha value is -2.50. The van der Waals surface area contributed by atoms with Crippen molar-refractivity contribution < 1.29 is 23.9 Å². The van der Waals surface area contributed by atoms with E-state index in [-0.39, 0.29) is 11.7 Å². The maximum atomic E-state index is 12.7. The number of Topliss-reactive ketones (excluding diaryl/α,β-unsaturated/α-hetero) is 1. The molecular weight excluding hydrogens is 322 g/mol. The number of ketones is 1. The van der Waals surface area contributed by atoms with Crippen molar-refractivity contribution in [3.05, 3.63) is 35.4 Å². The fourth-order valence-corrected chi connectivity index (χ4v) is 3.42. The Balaban J connectivity index is 1.84. The second-order valence-corrected chi connectivity index (χ2v) is 6.85. The molecule has 1 heterocycles. The molecule has 0 saturated heterocycles. The van der Waals surface area contributed by atoms with E-state index in [4.69, 9.17) is 4.74 Å². The first kappa shape index (κ1) is 17.3. The van der Waals surface area contributed by atoms with Gasteiger partial charge < -0.3 is 4.74 Å². The third kappa shape index (κ3) is 3.08.